The van der Waals surface area contributed by atoms with Crippen LogP contribution in [0.4, 0.5) is 23.4 Å². The molecule has 14 nitrogen and oxygen atoms in total. The number of hydrogen-bond donors (Lipinski definition) is 4. The Bertz CT molecular complexity index is 5080. The Hall–Kier alpha value is -10.9. The number of fused-ring (bicyclic) bond motifs is 4. The summed E-state index contributed by atoms with van der Waals surface area (Å²) in [6.07, 6.45) is 4.45. The van der Waals surface area contributed by atoms with Crippen molar-refractivity contribution < 1.29 is 22.3 Å². The SMILES string of the molecule is CCc1cccc(CSc2[nH]c(=O)c(C#N)c3cc(F)ccc23)c1.COc1ccccc1CSc1[nH]c(=O)c(C#N)c2cc(F)ccc12.Cc1nc(SCc2ccncc2)c2cccc(F)c2c1C#N.N#Cc1c(=O)[nH]c(NCc2ccccc2)c2cc(F)ccc12. The molecule has 12 aromatic rings. The first kappa shape index (κ1) is 65.5. The largest absolute Gasteiger partial charge is 0.496 e. The van der Waals surface area contributed by atoms with E-state index in [2.05, 4.69) is 55.4 Å². The molecule has 0 fully saturated rings. The fourth-order valence-corrected chi connectivity index (χ4v) is 12.7. The molecule has 0 unspecified atom stereocenters. The summed E-state index contributed by atoms with van der Waals surface area (Å²) in [5.41, 5.74) is 4.76. The Kier molecular flexibility index (Phi) is 22.1. The summed E-state index contributed by atoms with van der Waals surface area (Å²) in [6.45, 7) is 4.32. The molecule has 5 heterocycles. The van der Waals surface area contributed by atoms with Gasteiger partial charge in [0, 0.05) is 84.9 Å². The van der Waals surface area contributed by atoms with Gasteiger partial charge in [-0.3, -0.25) is 19.4 Å². The minimum Gasteiger partial charge on any atom is -0.496 e. The maximum atomic E-state index is 14.2. The summed E-state index contributed by atoms with van der Waals surface area (Å²) >= 11 is 4.41. The molecule has 0 amide bonds. The van der Waals surface area contributed by atoms with Crippen LogP contribution in [0.3, 0.4) is 0 Å². The van der Waals surface area contributed by atoms with Crippen molar-refractivity contribution in [3.05, 3.63) is 286 Å². The Labute approximate surface area is 537 Å². The third-order valence-corrected chi connectivity index (χ3v) is 17.5. The fraction of sp³-hybridized carbons (Fsp3) is 0.113. The number of para-hydroxylation sites is 1. The molecule has 92 heavy (non-hydrogen) atoms. The quantitative estimate of drug-likeness (QED) is 0.0585. The predicted octanol–water partition coefficient (Wildman–Crippen LogP) is 15.6. The molecule has 0 saturated carbocycles. The van der Waals surface area contributed by atoms with Gasteiger partial charge in [0.1, 0.15) is 80.8 Å². The first-order valence-electron chi connectivity index (χ1n) is 28.2. The molecule has 456 valence electrons. The number of H-pyrrole nitrogens is 3. The van der Waals surface area contributed by atoms with Gasteiger partial charge in [-0.05, 0) is 114 Å². The lowest BCUT2D eigenvalue weighted by Gasteiger charge is -2.10. The number of thioether (sulfide) groups is 3. The van der Waals surface area contributed by atoms with Crippen molar-refractivity contribution >= 4 is 84.2 Å². The number of hydrogen-bond acceptors (Lipinski definition) is 14. The van der Waals surface area contributed by atoms with Crippen LogP contribution < -0.4 is 26.7 Å². The first-order valence-corrected chi connectivity index (χ1v) is 31.1. The molecule has 0 bridgehead atoms. The highest BCUT2D eigenvalue weighted by molar-refractivity contribution is 7.99. The van der Waals surface area contributed by atoms with Gasteiger partial charge >= 0.3 is 0 Å². The first-order chi connectivity index (χ1) is 44.6. The van der Waals surface area contributed by atoms with Crippen molar-refractivity contribution in [2.45, 2.75) is 59.1 Å². The molecule has 0 saturated heterocycles. The molecule has 7 aromatic carbocycles. The van der Waals surface area contributed by atoms with Crippen LogP contribution in [0.5, 0.6) is 5.75 Å². The second-order valence-electron chi connectivity index (χ2n) is 20.1. The average Bonchev–Trinajstić information content (AvgIpc) is 0.820. The number of ether oxygens (including phenoxy) is 1. The lowest BCUT2D eigenvalue weighted by molar-refractivity contribution is 0.411. The highest BCUT2D eigenvalue weighted by Crippen LogP contribution is 2.35. The number of rotatable bonds is 14. The Morgan fingerprint density at radius 2 is 1.02 bits per heavy atom. The number of aromatic amines is 3. The van der Waals surface area contributed by atoms with Gasteiger partial charge in [-0.2, -0.15) is 21.0 Å². The number of anilines is 1. The van der Waals surface area contributed by atoms with Gasteiger partial charge in [0.05, 0.1) is 28.4 Å². The zero-order valence-electron chi connectivity index (χ0n) is 49.3. The van der Waals surface area contributed by atoms with Gasteiger partial charge in [0.25, 0.3) is 16.7 Å². The van der Waals surface area contributed by atoms with Gasteiger partial charge in [0.15, 0.2) is 0 Å². The highest BCUT2D eigenvalue weighted by Gasteiger charge is 2.18. The van der Waals surface area contributed by atoms with Crippen molar-refractivity contribution in [1.82, 2.24) is 24.9 Å². The smallest absolute Gasteiger partial charge is 0.268 e. The lowest BCUT2D eigenvalue weighted by Crippen LogP contribution is -2.14. The number of benzene rings is 7. The molecule has 5 aromatic heterocycles. The summed E-state index contributed by atoms with van der Waals surface area (Å²) in [5, 5.41) is 45.7. The normalized spacial score (nSPS) is 10.6. The van der Waals surface area contributed by atoms with E-state index in [1.807, 2.05) is 97.1 Å². The second-order valence-corrected chi connectivity index (χ2v) is 23.1. The van der Waals surface area contributed by atoms with E-state index in [0.29, 0.717) is 94.0 Å². The molecule has 21 heteroatoms. The Morgan fingerprint density at radius 3 is 1.63 bits per heavy atom. The number of nitrogens with one attached hydrogen (secondary N) is 4. The van der Waals surface area contributed by atoms with E-state index in [1.54, 1.807) is 50.7 Å². The van der Waals surface area contributed by atoms with Crippen LogP contribution in [0.2, 0.25) is 0 Å². The highest BCUT2D eigenvalue weighted by atomic mass is 32.2. The third kappa shape index (κ3) is 15.7. The molecule has 0 radical (unpaired) electrons. The zero-order chi connectivity index (χ0) is 65.3. The maximum Gasteiger partial charge on any atom is 0.268 e. The molecule has 0 aliphatic heterocycles. The third-order valence-electron chi connectivity index (χ3n) is 14.2. The summed E-state index contributed by atoms with van der Waals surface area (Å²) in [7, 11) is 1.60. The van der Waals surface area contributed by atoms with Gasteiger partial charge in [-0.25, -0.2) is 22.5 Å². The van der Waals surface area contributed by atoms with Crippen molar-refractivity contribution in [1.29, 1.82) is 21.0 Å². The van der Waals surface area contributed by atoms with E-state index in [9.17, 15) is 37.2 Å². The Balaban J connectivity index is 0.000000145. The van der Waals surface area contributed by atoms with Gasteiger partial charge < -0.3 is 25.0 Å². The van der Waals surface area contributed by atoms with Crippen molar-refractivity contribution in [2.75, 3.05) is 12.4 Å². The molecule has 0 atom stereocenters. The van der Waals surface area contributed by atoms with Crippen molar-refractivity contribution in [3.8, 4) is 30.0 Å². The van der Waals surface area contributed by atoms with E-state index in [0.717, 1.165) is 39.5 Å². The summed E-state index contributed by atoms with van der Waals surface area (Å²) in [4.78, 5) is 52.7. The minimum atomic E-state index is -0.516. The van der Waals surface area contributed by atoms with E-state index in [-0.39, 0.29) is 22.5 Å². The average molecular weight is 1280 g/mol. The monoisotopic (exact) mass is 1280 g/mol. The van der Waals surface area contributed by atoms with Gasteiger partial charge in [0.2, 0.25) is 0 Å². The molecular weight excluding hydrogens is 1230 g/mol. The number of nitrogens with zero attached hydrogens (tertiary/aromatic N) is 6. The second kappa shape index (κ2) is 31.0. The predicted molar refractivity (Wildman–Crippen MR) is 354 cm³/mol. The zero-order valence-corrected chi connectivity index (χ0v) is 51.8. The van der Waals surface area contributed by atoms with Crippen molar-refractivity contribution in [3.63, 3.8) is 0 Å². The number of nitriles is 4. The van der Waals surface area contributed by atoms with Gasteiger partial charge in [-0.1, -0.05) is 91.9 Å². The van der Waals surface area contributed by atoms with Crippen LogP contribution in [0, 0.1) is 75.5 Å². The molecule has 12 rings (SSSR count). The van der Waals surface area contributed by atoms with E-state index in [4.69, 9.17) is 20.5 Å². The molecule has 0 spiro atoms. The maximum absolute atomic E-state index is 14.2. The van der Waals surface area contributed by atoms with Crippen LogP contribution >= 0.6 is 35.3 Å². The number of aryl methyl sites for hydroxylation is 2. The van der Waals surface area contributed by atoms with Crippen LogP contribution in [0.1, 0.15) is 62.7 Å². The number of methoxy groups -OCH3 is 1. The van der Waals surface area contributed by atoms with Crippen LogP contribution in [0.25, 0.3) is 43.1 Å². The van der Waals surface area contributed by atoms with Gasteiger partial charge in [-0.15, -0.1) is 35.3 Å². The molecular formula is C71H52F4N10O4S3. The topological polar surface area (TPSA) is 241 Å². The minimum absolute atomic E-state index is 0.0136. The standard InChI is InChI=1S/C19H15FN2OS.C18H13FN2O2S.C17H12FN3O.C17H12FN3S/c1-2-12-4-3-5-13(8-12)11-24-19-15-7-6-14(20)9-16(15)17(10-21)18(23)22-19;1-23-16-5-3-2-4-11(16)10-24-18-13-7-6-12(19)8-14(13)15(9-20)17(22)21-18;18-12-6-7-13-14(8-12)16(21-17(22)15(13)9-19)20-10-11-4-2-1-3-5-11;1-11-14(9-19)16-13(3-2-4-15(16)18)17(21-11)22-10-12-5-7-20-8-6-12/h3-9H,2,11H2,1H3,(H,22,23);2-8H,10H2,1H3,(H,21,22);1-8H,10H2,(H2,20,21,22);2-8H,10H2,1H3. The Morgan fingerprint density at radius 1 is 0.500 bits per heavy atom. The summed E-state index contributed by atoms with van der Waals surface area (Å²) in [5.74, 6) is 1.38. The van der Waals surface area contributed by atoms with Crippen LogP contribution in [-0.2, 0) is 30.2 Å². The number of pyridine rings is 5. The number of aromatic nitrogens is 5. The van der Waals surface area contributed by atoms with Crippen molar-refractivity contribution in [2.24, 2.45) is 0 Å². The van der Waals surface area contributed by atoms with E-state index in [1.165, 1.54) is 89.4 Å². The van der Waals surface area contributed by atoms with Crippen LogP contribution in [-0.4, -0.2) is 32.0 Å². The molecule has 0 aliphatic rings. The van der Waals surface area contributed by atoms with Crippen LogP contribution in [0.15, 0.2) is 206 Å². The summed E-state index contributed by atoms with van der Waals surface area (Å²) in [6, 6.07) is 54.1. The number of halogens is 4. The fourth-order valence-electron chi connectivity index (χ4n) is 9.70. The molecule has 4 N–H and O–H groups in total. The van der Waals surface area contributed by atoms with E-state index < -0.39 is 34.1 Å². The lowest BCUT2D eigenvalue weighted by atomic mass is 10.1. The summed E-state index contributed by atoms with van der Waals surface area (Å²) < 4.78 is 60.0. The van der Waals surface area contributed by atoms with E-state index >= 15 is 0 Å². The molecule has 0 aliphatic carbocycles.